The molecule has 0 aliphatic carbocycles. The van der Waals surface area contributed by atoms with E-state index in [9.17, 15) is 5.11 Å². The number of nitrogens with zero attached hydrogens (tertiary/aromatic N) is 1. The predicted molar refractivity (Wildman–Crippen MR) is 83.1 cm³/mol. The summed E-state index contributed by atoms with van der Waals surface area (Å²) in [6.45, 7) is 1.82. The number of hydrogen-bond acceptors (Lipinski definition) is 3. The van der Waals surface area contributed by atoms with E-state index in [0.717, 1.165) is 10.2 Å². The van der Waals surface area contributed by atoms with Crippen molar-refractivity contribution in [1.29, 1.82) is 0 Å². The molecule has 2 aromatic carbocycles. The van der Waals surface area contributed by atoms with Crippen LogP contribution in [0.2, 0.25) is 5.02 Å². The Labute approximate surface area is 125 Å². The van der Waals surface area contributed by atoms with Crippen molar-refractivity contribution in [1.82, 2.24) is 0 Å². The number of hydrazone groups is 1. The fourth-order valence-electron chi connectivity index (χ4n) is 1.53. The minimum absolute atomic E-state index is 0.197. The molecule has 2 N–H and O–H groups in total. The molecule has 98 valence electrons. The van der Waals surface area contributed by atoms with Crippen LogP contribution in [0.4, 0.5) is 5.69 Å². The molecular formula is C14H12BrClN2O. The summed E-state index contributed by atoms with van der Waals surface area (Å²) in [5.74, 6) is 0.197. The summed E-state index contributed by atoms with van der Waals surface area (Å²) in [5, 5.41) is 14.7. The number of hydrogen-bond donors (Lipinski definition) is 2. The van der Waals surface area contributed by atoms with Gasteiger partial charge < -0.3 is 5.11 Å². The minimum Gasteiger partial charge on any atom is -0.507 e. The Balaban J connectivity index is 2.19. The molecule has 0 aliphatic heterocycles. The molecule has 0 unspecified atom stereocenters. The summed E-state index contributed by atoms with van der Waals surface area (Å²) < 4.78 is 0.890. The van der Waals surface area contributed by atoms with Gasteiger partial charge in [0.05, 0.1) is 11.4 Å². The van der Waals surface area contributed by atoms with Crippen molar-refractivity contribution in [3.8, 4) is 5.75 Å². The van der Waals surface area contributed by atoms with Crippen molar-refractivity contribution >= 4 is 38.9 Å². The van der Waals surface area contributed by atoms with Gasteiger partial charge in [0.2, 0.25) is 0 Å². The fraction of sp³-hybridized carbons (Fsp3) is 0.0714. The lowest BCUT2D eigenvalue weighted by Gasteiger charge is -2.06. The zero-order chi connectivity index (χ0) is 13.8. The molecular weight excluding hydrogens is 328 g/mol. The number of anilines is 1. The van der Waals surface area contributed by atoms with E-state index < -0.39 is 0 Å². The number of nitrogens with one attached hydrogen (secondary N) is 1. The molecule has 2 rings (SSSR count). The van der Waals surface area contributed by atoms with Gasteiger partial charge >= 0.3 is 0 Å². The number of rotatable bonds is 3. The summed E-state index contributed by atoms with van der Waals surface area (Å²) in [5.41, 5.74) is 5.12. The van der Waals surface area contributed by atoms with Crippen LogP contribution in [0.1, 0.15) is 12.5 Å². The maximum absolute atomic E-state index is 9.79. The second-order valence-corrected chi connectivity index (χ2v) is 5.33. The first-order chi connectivity index (χ1) is 9.06. The topological polar surface area (TPSA) is 44.6 Å². The molecule has 0 aromatic heterocycles. The second kappa shape index (κ2) is 6.08. The quantitative estimate of drug-likeness (QED) is 0.632. The highest BCUT2D eigenvalue weighted by atomic mass is 79.9. The average Bonchev–Trinajstić information content (AvgIpc) is 2.40. The summed E-state index contributed by atoms with van der Waals surface area (Å²) in [6, 6.07) is 12.5. The van der Waals surface area contributed by atoms with E-state index in [-0.39, 0.29) is 5.75 Å². The number of phenols is 1. The van der Waals surface area contributed by atoms with E-state index in [1.165, 1.54) is 0 Å². The van der Waals surface area contributed by atoms with Crippen molar-refractivity contribution in [2.24, 2.45) is 5.10 Å². The third-order valence-electron chi connectivity index (χ3n) is 2.55. The Hall–Kier alpha value is -1.52. The Morgan fingerprint density at radius 3 is 2.58 bits per heavy atom. The van der Waals surface area contributed by atoms with Crippen LogP contribution in [0, 0.1) is 0 Å². The molecule has 0 bridgehead atoms. The number of benzene rings is 2. The lowest BCUT2D eigenvalue weighted by molar-refractivity contribution is 0.474. The molecule has 0 amide bonds. The van der Waals surface area contributed by atoms with Crippen molar-refractivity contribution in [3.05, 3.63) is 57.5 Å². The standard InChI is InChI=1S/C14H12BrClN2O/c1-9(13-8-10(15)2-7-14(13)19)17-18-12-5-3-11(16)4-6-12/h2-8,18-19H,1H3/b17-9+. The van der Waals surface area contributed by atoms with Gasteiger partial charge in [0.1, 0.15) is 5.75 Å². The highest BCUT2D eigenvalue weighted by Crippen LogP contribution is 2.22. The van der Waals surface area contributed by atoms with Crippen LogP contribution in [0.3, 0.4) is 0 Å². The lowest BCUT2D eigenvalue weighted by atomic mass is 10.1. The van der Waals surface area contributed by atoms with Crippen LogP contribution in [0.5, 0.6) is 5.75 Å². The molecule has 0 saturated heterocycles. The van der Waals surface area contributed by atoms with Gasteiger partial charge in [0, 0.05) is 15.1 Å². The zero-order valence-corrected chi connectivity index (χ0v) is 12.5. The normalized spacial score (nSPS) is 11.4. The van der Waals surface area contributed by atoms with E-state index in [2.05, 4.69) is 26.5 Å². The largest absolute Gasteiger partial charge is 0.507 e. The van der Waals surface area contributed by atoms with Gasteiger partial charge in [-0.05, 0) is 49.4 Å². The molecule has 19 heavy (non-hydrogen) atoms. The van der Waals surface area contributed by atoms with Gasteiger partial charge in [-0.2, -0.15) is 5.10 Å². The molecule has 3 nitrogen and oxygen atoms in total. The SMILES string of the molecule is C/C(=N\Nc1ccc(Cl)cc1)c1cc(Br)ccc1O. The Bertz CT molecular complexity index is 611. The Morgan fingerprint density at radius 2 is 1.89 bits per heavy atom. The molecule has 0 saturated carbocycles. The van der Waals surface area contributed by atoms with Gasteiger partial charge in [-0.25, -0.2) is 0 Å². The molecule has 0 aliphatic rings. The molecule has 0 radical (unpaired) electrons. The fourth-order valence-corrected chi connectivity index (χ4v) is 2.02. The zero-order valence-electron chi connectivity index (χ0n) is 10.2. The monoisotopic (exact) mass is 338 g/mol. The molecule has 0 fully saturated rings. The molecule has 2 aromatic rings. The maximum Gasteiger partial charge on any atom is 0.124 e. The third kappa shape index (κ3) is 3.72. The molecule has 0 heterocycles. The van der Waals surface area contributed by atoms with Crippen LogP contribution >= 0.6 is 27.5 Å². The van der Waals surface area contributed by atoms with Crippen LogP contribution in [0.15, 0.2) is 52.0 Å². The van der Waals surface area contributed by atoms with Crippen LogP contribution < -0.4 is 5.43 Å². The van der Waals surface area contributed by atoms with Crippen LogP contribution in [-0.4, -0.2) is 10.8 Å². The van der Waals surface area contributed by atoms with Crippen molar-refractivity contribution in [2.75, 3.05) is 5.43 Å². The third-order valence-corrected chi connectivity index (χ3v) is 3.29. The van der Waals surface area contributed by atoms with E-state index in [1.54, 1.807) is 24.3 Å². The van der Waals surface area contributed by atoms with Gasteiger partial charge in [0.15, 0.2) is 0 Å². The van der Waals surface area contributed by atoms with Gasteiger partial charge in [-0.1, -0.05) is 27.5 Å². The Morgan fingerprint density at radius 1 is 1.21 bits per heavy atom. The maximum atomic E-state index is 9.79. The average molecular weight is 340 g/mol. The van der Waals surface area contributed by atoms with Crippen LogP contribution in [0.25, 0.3) is 0 Å². The van der Waals surface area contributed by atoms with Crippen molar-refractivity contribution in [2.45, 2.75) is 6.92 Å². The van der Waals surface area contributed by atoms with E-state index in [4.69, 9.17) is 11.6 Å². The first-order valence-corrected chi connectivity index (χ1v) is 6.78. The van der Waals surface area contributed by atoms with Crippen molar-refractivity contribution in [3.63, 3.8) is 0 Å². The van der Waals surface area contributed by atoms with Crippen LogP contribution in [-0.2, 0) is 0 Å². The number of halogens is 2. The van der Waals surface area contributed by atoms with E-state index in [0.29, 0.717) is 16.3 Å². The van der Waals surface area contributed by atoms with E-state index >= 15 is 0 Å². The minimum atomic E-state index is 0.197. The first-order valence-electron chi connectivity index (χ1n) is 5.61. The Kier molecular flexibility index (Phi) is 4.45. The van der Waals surface area contributed by atoms with Crippen molar-refractivity contribution < 1.29 is 5.11 Å². The predicted octanol–water partition coefficient (Wildman–Crippen LogP) is 4.64. The highest BCUT2D eigenvalue weighted by Gasteiger charge is 2.05. The summed E-state index contributed by atoms with van der Waals surface area (Å²) in [7, 11) is 0. The van der Waals surface area contributed by atoms with Gasteiger partial charge in [0.25, 0.3) is 0 Å². The smallest absolute Gasteiger partial charge is 0.124 e. The number of phenolic OH excluding ortho intramolecular Hbond substituents is 1. The second-order valence-electron chi connectivity index (χ2n) is 3.98. The molecule has 0 spiro atoms. The number of aromatic hydroxyl groups is 1. The summed E-state index contributed by atoms with van der Waals surface area (Å²) >= 11 is 9.17. The highest BCUT2D eigenvalue weighted by molar-refractivity contribution is 9.10. The first kappa shape index (κ1) is 13.9. The molecule has 5 heteroatoms. The summed E-state index contributed by atoms with van der Waals surface area (Å²) in [4.78, 5) is 0. The van der Waals surface area contributed by atoms with E-state index in [1.807, 2.05) is 25.1 Å². The summed E-state index contributed by atoms with van der Waals surface area (Å²) in [6.07, 6.45) is 0. The van der Waals surface area contributed by atoms with Gasteiger partial charge in [-0.3, -0.25) is 5.43 Å². The lowest BCUT2D eigenvalue weighted by Crippen LogP contribution is -2.00. The van der Waals surface area contributed by atoms with Gasteiger partial charge in [-0.15, -0.1) is 0 Å². The molecule has 0 atom stereocenters.